The molecule has 3 N–H and O–H groups in total. The molecular weight excluding hydrogens is 252 g/mol. The van der Waals surface area contributed by atoms with Gasteiger partial charge in [-0.05, 0) is 0 Å². The predicted molar refractivity (Wildman–Crippen MR) is 64.8 cm³/mol. The molecule has 1 aromatic heterocycles. The number of morpholine rings is 1. The van der Waals surface area contributed by atoms with Crippen LogP contribution in [0, 0.1) is 0 Å². The number of anilines is 1. The number of rotatable bonds is 4. The maximum absolute atomic E-state index is 11.3. The number of primary amides is 1. The third-order valence-electron chi connectivity index (χ3n) is 2.75. The summed E-state index contributed by atoms with van der Waals surface area (Å²) in [5, 5.41) is 8.76. The Morgan fingerprint density at radius 2 is 2.21 bits per heavy atom. The highest BCUT2D eigenvalue weighted by Crippen LogP contribution is 2.19. The molecule has 0 spiro atoms. The number of hydrogen-bond acceptors (Lipinski definition) is 6. The highest BCUT2D eigenvalue weighted by molar-refractivity contribution is 5.95. The van der Waals surface area contributed by atoms with Crippen LogP contribution in [-0.4, -0.2) is 52.8 Å². The standard InChI is InChI=1S/C11H14N4O4/c12-10(18)9-11(14-2-1-13-9)15-3-4-19-7(6-15)5-8(16)17/h1-2,7H,3-6H2,(H2,12,18)(H,16,17). The quantitative estimate of drug-likeness (QED) is 0.736. The van der Waals surface area contributed by atoms with Crippen molar-refractivity contribution in [2.24, 2.45) is 5.73 Å². The van der Waals surface area contributed by atoms with Gasteiger partial charge in [0.1, 0.15) is 0 Å². The van der Waals surface area contributed by atoms with Crippen LogP contribution in [0.3, 0.4) is 0 Å². The molecule has 19 heavy (non-hydrogen) atoms. The lowest BCUT2D eigenvalue weighted by Gasteiger charge is -2.33. The molecule has 1 aliphatic rings. The monoisotopic (exact) mass is 266 g/mol. The molecule has 1 fully saturated rings. The molecule has 102 valence electrons. The van der Waals surface area contributed by atoms with Crippen molar-refractivity contribution in [3.05, 3.63) is 18.1 Å². The van der Waals surface area contributed by atoms with Gasteiger partial charge in [0.05, 0.1) is 19.1 Å². The number of nitrogens with zero attached hydrogens (tertiary/aromatic N) is 3. The lowest BCUT2D eigenvalue weighted by atomic mass is 10.2. The van der Waals surface area contributed by atoms with Crippen molar-refractivity contribution < 1.29 is 19.4 Å². The van der Waals surface area contributed by atoms with E-state index in [2.05, 4.69) is 9.97 Å². The van der Waals surface area contributed by atoms with Gasteiger partial charge in [-0.3, -0.25) is 9.59 Å². The Bertz CT molecular complexity index is 493. The molecule has 2 rings (SSSR count). The van der Waals surface area contributed by atoms with E-state index in [0.29, 0.717) is 25.5 Å². The molecule has 1 atom stereocenters. The topological polar surface area (TPSA) is 119 Å². The average Bonchev–Trinajstić information content (AvgIpc) is 2.38. The number of carbonyl (C=O) groups is 2. The lowest BCUT2D eigenvalue weighted by molar-refractivity contribution is -0.140. The van der Waals surface area contributed by atoms with Gasteiger partial charge in [0.25, 0.3) is 5.91 Å². The molecule has 1 aromatic rings. The Kier molecular flexibility index (Phi) is 3.91. The minimum absolute atomic E-state index is 0.0819. The fraction of sp³-hybridized carbons (Fsp3) is 0.455. The van der Waals surface area contributed by atoms with Crippen molar-refractivity contribution in [3.8, 4) is 0 Å². The number of ether oxygens (including phenoxy) is 1. The summed E-state index contributed by atoms with van der Waals surface area (Å²) in [5.74, 6) is -1.22. The Morgan fingerprint density at radius 3 is 2.89 bits per heavy atom. The smallest absolute Gasteiger partial charge is 0.306 e. The normalized spacial score (nSPS) is 19.2. The molecule has 0 aliphatic carbocycles. The zero-order chi connectivity index (χ0) is 13.8. The molecule has 8 heteroatoms. The first kappa shape index (κ1) is 13.2. The highest BCUT2D eigenvalue weighted by atomic mass is 16.5. The van der Waals surface area contributed by atoms with Gasteiger partial charge in [0.15, 0.2) is 11.5 Å². The van der Waals surface area contributed by atoms with E-state index in [-0.39, 0.29) is 12.1 Å². The van der Waals surface area contributed by atoms with Gasteiger partial charge in [-0.25, -0.2) is 9.97 Å². The van der Waals surface area contributed by atoms with E-state index >= 15 is 0 Å². The first-order chi connectivity index (χ1) is 9.08. The summed E-state index contributed by atoms with van der Waals surface area (Å²) in [7, 11) is 0. The molecule has 0 radical (unpaired) electrons. The Hall–Kier alpha value is -2.22. The summed E-state index contributed by atoms with van der Waals surface area (Å²) in [4.78, 5) is 31.7. The van der Waals surface area contributed by atoms with Crippen molar-refractivity contribution in [2.45, 2.75) is 12.5 Å². The lowest BCUT2D eigenvalue weighted by Crippen LogP contribution is -2.44. The van der Waals surface area contributed by atoms with Crippen LogP contribution < -0.4 is 10.6 Å². The van der Waals surface area contributed by atoms with Gasteiger partial charge in [-0.2, -0.15) is 0 Å². The number of nitrogens with two attached hydrogens (primary N) is 1. The maximum atomic E-state index is 11.3. The summed E-state index contributed by atoms with van der Waals surface area (Å²) in [5.41, 5.74) is 5.33. The first-order valence-electron chi connectivity index (χ1n) is 5.77. The molecular formula is C11H14N4O4. The van der Waals surface area contributed by atoms with E-state index < -0.39 is 18.0 Å². The molecule has 0 saturated carbocycles. The average molecular weight is 266 g/mol. The zero-order valence-electron chi connectivity index (χ0n) is 10.2. The highest BCUT2D eigenvalue weighted by Gasteiger charge is 2.26. The van der Waals surface area contributed by atoms with Gasteiger partial charge >= 0.3 is 5.97 Å². The summed E-state index contributed by atoms with van der Waals surface area (Å²) < 4.78 is 5.35. The minimum Gasteiger partial charge on any atom is -0.481 e. The number of hydrogen-bond donors (Lipinski definition) is 2. The summed E-state index contributed by atoms with van der Waals surface area (Å²) in [6.07, 6.45) is 2.32. The van der Waals surface area contributed by atoms with Crippen molar-refractivity contribution in [3.63, 3.8) is 0 Å². The number of carboxylic acid groups (broad SMARTS) is 1. The second kappa shape index (κ2) is 5.61. The largest absolute Gasteiger partial charge is 0.481 e. The van der Waals surface area contributed by atoms with Crippen molar-refractivity contribution in [1.82, 2.24) is 9.97 Å². The SMILES string of the molecule is NC(=O)c1nccnc1N1CCOC(CC(=O)O)C1. The van der Waals surface area contributed by atoms with E-state index in [1.165, 1.54) is 12.4 Å². The van der Waals surface area contributed by atoms with Gasteiger partial charge in [-0.1, -0.05) is 0 Å². The first-order valence-corrected chi connectivity index (χ1v) is 5.77. The van der Waals surface area contributed by atoms with Crippen molar-refractivity contribution in [1.29, 1.82) is 0 Å². The number of carbonyl (C=O) groups excluding carboxylic acids is 1. The van der Waals surface area contributed by atoms with Crippen LogP contribution in [0.25, 0.3) is 0 Å². The number of aromatic nitrogens is 2. The fourth-order valence-electron chi connectivity index (χ4n) is 1.97. The second-order valence-electron chi connectivity index (χ2n) is 4.13. The third-order valence-corrected chi connectivity index (χ3v) is 2.75. The molecule has 1 amide bonds. The van der Waals surface area contributed by atoms with E-state index in [1.807, 2.05) is 0 Å². The molecule has 0 bridgehead atoms. The third kappa shape index (κ3) is 3.16. The van der Waals surface area contributed by atoms with Crippen molar-refractivity contribution >= 4 is 17.7 Å². The van der Waals surface area contributed by atoms with E-state index in [9.17, 15) is 9.59 Å². The van der Waals surface area contributed by atoms with Crippen LogP contribution in [0.1, 0.15) is 16.9 Å². The molecule has 1 unspecified atom stereocenters. The second-order valence-corrected chi connectivity index (χ2v) is 4.13. The molecule has 8 nitrogen and oxygen atoms in total. The Morgan fingerprint density at radius 1 is 1.47 bits per heavy atom. The van der Waals surface area contributed by atoms with Crippen LogP contribution in [0.4, 0.5) is 5.82 Å². The Labute approximate surface area is 109 Å². The van der Waals surface area contributed by atoms with Crippen LogP contribution in [0.15, 0.2) is 12.4 Å². The summed E-state index contributed by atoms with van der Waals surface area (Å²) in [6.45, 7) is 1.22. The number of amides is 1. The number of carboxylic acids is 1. The van der Waals surface area contributed by atoms with E-state index in [4.69, 9.17) is 15.6 Å². The molecule has 1 aliphatic heterocycles. The molecule has 2 heterocycles. The van der Waals surface area contributed by atoms with Gasteiger partial charge in [-0.15, -0.1) is 0 Å². The van der Waals surface area contributed by atoms with Gasteiger partial charge in [0, 0.05) is 25.5 Å². The van der Waals surface area contributed by atoms with Crippen LogP contribution in [0.5, 0.6) is 0 Å². The molecule has 1 saturated heterocycles. The van der Waals surface area contributed by atoms with E-state index in [0.717, 1.165) is 0 Å². The maximum Gasteiger partial charge on any atom is 0.306 e. The number of aliphatic carboxylic acids is 1. The predicted octanol–water partition coefficient (Wildman–Crippen LogP) is -0.745. The fourth-order valence-corrected chi connectivity index (χ4v) is 1.97. The van der Waals surface area contributed by atoms with Gasteiger partial charge in [0.2, 0.25) is 0 Å². The minimum atomic E-state index is -0.930. The van der Waals surface area contributed by atoms with Crippen LogP contribution >= 0.6 is 0 Å². The molecule has 0 aromatic carbocycles. The Balaban J connectivity index is 2.17. The van der Waals surface area contributed by atoms with Crippen molar-refractivity contribution in [2.75, 3.05) is 24.6 Å². The summed E-state index contributed by atoms with van der Waals surface area (Å²) in [6, 6.07) is 0. The van der Waals surface area contributed by atoms with E-state index in [1.54, 1.807) is 4.90 Å². The van der Waals surface area contributed by atoms with Gasteiger partial charge < -0.3 is 20.5 Å². The zero-order valence-corrected chi connectivity index (χ0v) is 10.2. The van der Waals surface area contributed by atoms with Crippen LogP contribution in [-0.2, 0) is 9.53 Å². The van der Waals surface area contributed by atoms with Crippen LogP contribution in [0.2, 0.25) is 0 Å². The summed E-state index contributed by atoms with van der Waals surface area (Å²) >= 11 is 0.